The molecule has 0 bridgehead atoms. The lowest BCUT2D eigenvalue weighted by Gasteiger charge is -2.09. The molecule has 2 aromatic rings. The number of imidazole rings is 2. The number of guanidine groups is 1. The van der Waals surface area contributed by atoms with Gasteiger partial charge in [-0.3, -0.25) is 5.41 Å². The Balaban J connectivity index is 1.51. The van der Waals surface area contributed by atoms with Gasteiger partial charge in [-0.25, -0.2) is 9.97 Å². The van der Waals surface area contributed by atoms with Crippen molar-refractivity contribution in [2.45, 2.75) is 32.1 Å². The highest BCUT2D eigenvalue weighted by atomic mass is 32.2. The molecule has 0 unspecified atom stereocenters. The molecule has 0 amide bonds. The SMILES string of the molecule is Cc1[nH]c(CN(C)C)nc1CSCCNC(=N)NCCCc1c[nH]cn1. The fourth-order valence-electron chi connectivity index (χ4n) is 2.47. The number of nitrogens with one attached hydrogen (secondary N) is 5. The average Bonchev–Trinajstić information content (AvgIpc) is 3.21. The minimum atomic E-state index is 0.386. The van der Waals surface area contributed by atoms with Gasteiger partial charge in [0.1, 0.15) is 5.82 Å². The molecule has 2 heterocycles. The van der Waals surface area contributed by atoms with Crippen LogP contribution in [0.2, 0.25) is 0 Å². The highest BCUT2D eigenvalue weighted by molar-refractivity contribution is 7.98. The van der Waals surface area contributed by atoms with E-state index in [0.717, 1.165) is 66.9 Å². The maximum atomic E-state index is 7.87. The van der Waals surface area contributed by atoms with Crippen molar-refractivity contribution in [3.63, 3.8) is 0 Å². The van der Waals surface area contributed by atoms with Gasteiger partial charge in [-0.1, -0.05) is 0 Å². The predicted octanol–water partition coefficient (Wildman–Crippen LogP) is 1.48. The van der Waals surface area contributed by atoms with Crippen molar-refractivity contribution in [2.24, 2.45) is 0 Å². The van der Waals surface area contributed by atoms with Crippen molar-refractivity contribution in [3.8, 4) is 0 Å². The number of rotatable bonds is 11. The molecule has 2 aromatic heterocycles. The number of thioether (sulfide) groups is 1. The molecule has 0 radical (unpaired) electrons. The van der Waals surface area contributed by atoms with Crippen LogP contribution in [0.4, 0.5) is 0 Å². The molecular formula is C17H30N8S. The maximum absolute atomic E-state index is 7.87. The lowest BCUT2D eigenvalue weighted by atomic mass is 10.2. The smallest absolute Gasteiger partial charge is 0.188 e. The first kappa shape index (κ1) is 20.3. The summed E-state index contributed by atoms with van der Waals surface area (Å²) in [5, 5.41) is 14.1. The van der Waals surface area contributed by atoms with Crippen LogP contribution in [0.1, 0.15) is 29.3 Å². The van der Waals surface area contributed by atoms with Crippen LogP contribution in [0.5, 0.6) is 0 Å². The lowest BCUT2D eigenvalue weighted by Crippen LogP contribution is -2.38. The number of aromatic amines is 2. The van der Waals surface area contributed by atoms with Gasteiger partial charge in [0.2, 0.25) is 0 Å². The maximum Gasteiger partial charge on any atom is 0.188 e. The van der Waals surface area contributed by atoms with E-state index in [1.54, 1.807) is 6.33 Å². The van der Waals surface area contributed by atoms with E-state index in [0.29, 0.717) is 5.96 Å². The predicted molar refractivity (Wildman–Crippen MR) is 108 cm³/mol. The molecule has 0 aliphatic rings. The molecule has 9 heteroatoms. The second-order valence-electron chi connectivity index (χ2n) is 6.44. The van der Waals surface area contributed by atoms with Gasteiger partial charge < -0.3 is 25.5 Å². The third-order valence-corrected chi connectivity index (χ3v) is 4.72. The van der Waals surface area contributed by atoms with Gasteiger partial charge in [0.25, 0.3) is 0 Å². The van der Waals surface area contributed by atoms with E-state index in [2.05, 4.69) is 42.4 Å². The quantitative estimate of drug-likeness (QED) is 0.230. The Morgan fingerprint density at radius 1 is 1.31 bits per heavy atom. The van der Waals surface area contributed by atoms with Gasteiger partial charge in [0.15, 0.2) is 5.96 Å². The normalized spacial score (nSPS) is 11.1. The second-order valence-corrected chi connectivity index (χ2v) is 7.54. The highest BCUT2D eigenvalue weighted by Crippen LogP contribution is 2.14. The van der Waals surface area contributed by atoms with E-state index < -0.39 is 0 Å². The first-order valence-electron chi connectivity index (χ1n) is 8.85. The zero-order chi connectivity index (χ0) is 18.8. The Bertz CT molecular complexity index is 650. The molecule has 0 aliphatic heterocycles. The summed E-state index contributed by atoms with van der Waals surface area (Å²) in [5.74, 6) is 3.23. The van der Waals surface area contributed by atoms with Crippen molar-refractivity contribution in [1.29, 1.82) is 5.41 Å². The number of H-pyrrole nitrogens is 2. The molecule has 0 spiro atoms. The van der Waals surface area contributed by atoms with Crippen LogP contribution in [0, 0.1) is 12.3 Å². The van der Waals surface area contributed by atoms with E-state index in [9.17, 15) is 0 Å². The lowest BCUT2D eigenvalue weighted by molar-refractivity contribution is 0.392. The van der Waals surface area contributed by atoms with Crippen molar-refractivity contribution in [1.82, 2.24) is 35.5 Å². The van der Waals surface area contributed by atoms with Crippen LogP contribution >= 0.6 is 11.8 Å². The summed E-state index contributed by atoms with van der Waals surface area (Å²) in [7, 11) is 4.08. The van der Waals surface area contributed by atoms with E-state index in [4.69, 9.17) is 5.41 Å². The summed E-state index contributed by atoms with van der Waals surface area (Å²) >= 11 is 1.83. The molecule has 0 saturated heterocycles. The number of aromatic nitrogens is 4. The molecule has 8 nitrogen and oxygen atoms in total. The van der Waals surface area contributed by atoms with Crippen LogP contribution in [0.15, 0.2) is 12.5 Å². The zero-order valence-corrected chi connectivity index (χ0v) is 16.7. The fourth-order valence-corrected chi connectivity index (χ4v) is 3.33. The average molecular weight is 379 g/mol. The van der Waals surface area contributed by atoms with Crippen LogP contribution in [-0.4, -0.2) is 63.7 Å². The topological polar surface area (TPSA) is 109 Å². The Hall–Kier alpha value is -2.00. The van der Waals surface area contributed by atoms with Crippen LogP contribution < -0.4 is 10.6 Å². The van der Waals surface area contributed by atoms with Crippen molar-refractivity contribution in [2.75, 3.05) is 32.9 Å². The molecule has 0 aromatic carbocycles. The molecule has 2 rings (SSSR count). The summed E-state index contributed by atoms with van der Waals surface area (Å²) in [5.41, 5.74) is 3.33. The number of hydrogen-bond donors (Lipinski definition) is 5. The first-order chi connectivity index (χ1) is 12.5. The Kier molecular flexibility index (Phi) is 8.49. The number of hydrogen-bond acceptors (Lipinski definition) is 5. The Morgan fingerprint density at radius 3 is 2.85 bits per heavy atom. The third kappa shape index (κ3) is 7.49. The van der Waals surface area contributed by atoms with Crippen molar-refractivity contribution < 1.29 is 0 Å². The van der Waals surface area contributed by atoms with Crippen molar-refractivity contribution >= 4 is 17.7 Å². The third-order valence-electron chi connectivity index (χ3n) is 3.75. The minimum Gasteiger partial charge on any atom is -0.357 e. The van der Waals surface area contributed by atoms with Gasteiger partial charge in [-0.05, 0) is 33.9 Å². The molecule has 26 heavy (non-hydrogen) atoms. The van der Waals surface area contributed by atoms with Crippen LogP contribution in [0.25, 0.3) is 0 Å². The van der Waals surface area contributed by atoms with Gasteiger partial charge >= 0.3 is 0 Å². The summed E-state index contributed by atoms with van der Waals surface area (Å²) < 4.78 is 0. The van der Waals surface area contributed by atoms with E-state index >= 15 is 0 Å². The summed E-state index contributed by atoms with van der Waals surface area (Å²) in [6, 6.07) is 0. The molecule has 0 saturated carbocycles. The first-order valence-corrected chi connectivity index (χ1v) is 10.0. The molecule has 0 fully saturated rings. The van der Waals surface area contributed by atoms with Crippen LogP contribution in [-0.2, 0) is 18.7 Å². The number of nitrogens with zero attached hydrogens (tertiary/aromatic N) is 3. The van der Waals surface area contributed by atoms with Gasteiger partial charge in [0.05, 0.1) is 24.3 Å². The van der Waals surface area contributed by atoms with Gasteiger partial charge in [-0.15, -0.1) is 0 Å². The summed E-state index contributed by atoms with van der Waals surface area (Å²) in [6.45, 7) is 4.44. The molecule has 5 N–H and O–H groups in total. The minimum absolute atomic E-state index is 0.386. The Labute approximate surface area is 159 Å². The molecular weight excluding hydrogens is 348 g/mol. The van der Waals surface area contributed by atoms with E-state index in [1.807, 2.05) is 32.1 Å². The molecule has 144 valence electrons. The fraction of sp³-hybridized carbons (Fsp3) is 0.588. The van der Waals surface area contributed by atoms with Crippen LogP contribution in [0.3, 0.4) is 0 Å². The van der Waals surface area contributed by atoms with Crippen molar-refractivity contribution in [3.05, 3.63) is 35.4 Å². The Morgan fingerprint density at radius 2 is 2.12 bits per heavy atom. The standard InChI is InChI=1S/C17H30N8S/c1-13-15(24-16(23-13)10-25(2)3)11-26-8-7-21-17(18)20-6-4-5-14-9-19-12-22-14/h9,12H,4-8,10-11H2,1-3H3,(H,19,22)(H,23,24)(H3,18,20,21). The molecule has 0 aliphatic carbocycles. The highest BCUT2D eigenvalue weighted by Gasteiger charge is 2.07. The number of aryl methyl sites for hydroxylation is 2. The van der Waals surface area contributed by atoms with Gasteiger partial charge in [-0.2, -0.15) is 11.8 Å². The second kappa shape index (κ2) is 10.9. The zero-order valence-electron chi connectivity index (χ0n) is 15.9. The largest absolute Gasteiger partial charge is 0.357 e. The monoisotopic (exact) mass is 378 g/mol. The molecule has 0 atom stereocenters. The summed E-state index contributed by atoms with van der Waals surface area (Å²) in [6.07, 6.45) is 5.47. The van der Waals surface area contributed by atoms with Gasteiger partial charge in [0, 0.05) is 36.5 Å². The van der Waals surface area contributed by atoms with E-state index in [-0.39, 0.29) is 0 Å². The summed E-state index contributed by atoms with van der Waals surface area (Å²) in [4.78, 5) is 17.2. The van der Waals surface area contributed by atoms with E-state index in [1.165, 1.54) is 0 Å².